The summed E-state index contributed by atoms with van der Waals surface area (Å²) in [5.41, 5.74) is 19.0. The largest absolute Gasteiger partial charge is 0.469 e. The fraction of sp³-hybridized carbons (Fsp3) is 0.625. The number of benzene rings is 3. The Hall–Kier alpha value is -10.1. The number of esters is 6. The van der Waals surface area contributed by atoms with Crippen LogP contribution in [-0.2, 0) is 157 Å². The smallest absolute Gasteiger partial charge is 0.307 e. The van der Waals surface area contributed by atoms with Crippen molar-refractivity contribution in [3.8, 4) is 24.3 Å². The van der Waals surface area contributed by atoms with Crippen LogP contribution >= 0.6 is 10.7 Å². The number of allylic oxidation sites excluding steroid dienone is 1. The van der Waals surface area contributed by atoms with Crippen LogP contribution in [0, 0.1) is 76.9 Å². The van der Waals surface area contributed by atoms with E-state index in [4.69, 9.17) is 137 Å². The van der Waals surface area contributed by atoms with Gasteiger partial charge in [0.1, 0.15) is 0 Å². The normalized spacial score (nSPS) is 11.2. The van der Waals surface area contributed by atoms with Crippen LogP contribution in [0.4, 0.5) is 0 Å². The lowest BCUT2D eigenvalue weighted by molar-refractivity contribution is -0.144. The molecule has 0 aliphatic carbocycles. The molecule has 0 radical (unpaired) electrons. The molecular formula is C88H139ClN10O39S3. The molecule has 3 amide bonds. The highest BCUT2D eigenvalue weighted by Gasteiger charge is 2.40. The third-order valence-electron chi connectivity index (χ3n) is 17.8. The number of halogens is 1. The van der Waals surface area contributed by atoms with E-state index in [0.717, 1.165) is 16.7 Å². The van der Waals surface area contributed by atoms with E-state index in [1.54, 1.807) is 42.5 Å². The van der Waals surface area contributed by atoms with Crippen molar-refractivity contribution in [1.29, 1.82) is 21.0 Å². The van der Waals surface area contributed by atoms with E-state index in [9.17, 15) is 68.4 Å². The molecule has 3 aromatic rings. The Labute approximate surface area is 826 Å². The first-order valence-electron chi connectivity index (χ1n) is 42.8. The fourth-order valence-electron chi connectivity index (χ4n) is 10.0. The molecule has 0 saturated heterocycles. The van der Waals surface area contributed by atoms with Gasteiger partial charge in [-0.3, -0.25) is 58.8 Å². The monoisotopic (exact) mass is 2090 g/mol. The van der Waals surface area contributed by atoms with Crippen molar-refractivity contribution in [1.82, 2.24) is 16.4 Å². The summed E-state index contributed by atoms with van der Waals surface area (Å²) in [6.07, 6.45) is 1.67. The van der Waals surface area contributed by atoms with Crippen LogP contribution in [-0.4, -0.2) is 359 Å². The molecule has 0 unspecified atom stereocenters. The molecule has 0 saturated carbocycles. The van der Waals surface area contributed by atoms with Crippen molar-refractivity contribution in [2.24, 2.45) is 28.0 Å². The maximum absolute atomic E-state index is 13.3. The zero-order chi connectivity index (χ0) is 108. The van der Waals surface area contributed by atoms with Gasteiger partial charge in [-0.1, -0.05) is 59.7 Å². The van der Waals surface area contributed by atoms with Crippen LogP contribution < -0.4 is 33.6 Å². The van der Waals surface area contributed by atoms with E-state index in [1.165, 1.54) is 102 Å². The average Bonchev–Trinajstić information content (AvgIpc) is 0.806. The third kappa shape index (κ3) is 72.7. The molecule has 141 heavy (non-hydrogen) atoms. The number of sulfone groups is 2. The molecule has 53 heteroatoms. The zero-order valence-corrected chi connectivity index (χ0v) is 84.2. The first-order valence-corrected chi connectivity index (χ1v) is 48.4. The molecule has 15 N–H and O–H groups in total. The SMILES string of the molecule is C=CC#N.COC(=O)CCOCC(COCCC(=O)OC)(COCCC(=O)OC)CS(=O)(=O)c1ccc(C)cc1.COC(=O)CCOCC(N)(COCCC(=O)OC)COCCC(=O)OC.Cc1ccc(S(=O)(=O)CC(COCCC(=O)NO)(COCCC(=O)NO)COCCC(=O)NO)cc1.Cc1ccc(S(=O)(=O)Cl)cc1.N#CCCOCC(N)(COCCC#N)COCCC#N.NC(CO)(CO)CO. The quantitative estimate of drug-likeness (QED) is 0.00717. The predicted molar refractivity (Wildman–Crippen MR) is 497 cm³/mol. The van der Waals surface area contributed by atoms with Crippen LogP contribution in [0.5, 0.6) is 0 Å². The minimum Gasteiger partial charge on any atom is -0.469 e. The van der Waals surface area contributed by atoms with Gasteiger partial charge in [-0.2, -0.15) is 21.0 Å². The summed E-state index contributed by atoms with van der Waals surface area (Å²) >= 11 is 0. The summed E-state index contributed by atoms with van der Waals surface area (Å²) in [5, 5.41) is 83.7. The Morgan fingerprint density at radius 1 is 0.340 bits per heavy atom. The van der Waals surface area contributed by atoms with E-state index in [2.05, 4.69) is 35.0 Å². The van der Waals surface area contributed by atoms with Gasteiger partial charge in [0.25, 0.3) is 9.05 Å². The van der Waals surface area contributed by atoms with Crippen molar-refractivity contribution in [3.05, 3.63) is 102 Å². The van der Waals surface area contributed by atoms with Crippen molar-refractivity contribution < 1.29 is 185 Å². The number of nitriles is 4. The molecule has 49 nitrogen and oxygen atoms in total. The minimum atomic E-state index is -3.91. The Kier molecular flexibility index (Phi) is 80.1. The molecule has 800 valence electrons. The second-order valence-electron chi connectivity index (χ2n) is 30.5. The maximum atomic E-state index is 13.3. The van der Waals surface area contributed by atoms with E-state index in [-0.39, 0.29) is 211 Å². The summed E-state index contributed by atoms with van der Waals surface area (Å²) in [5.74, 6) is -5.62. The molecule has 0 fully saturated rings. The first-order chi connectivity index (χ1) is 66.8. The van der Waals surface area contributed by atoms with Gasteiger partial charge in [0.05, 0.1) is 376 Å². The molecule has 3 rings (SSSR count). The minimum absolute atomic E-state index is 0.0106. The van der Waals surface area contributed by atoms with Gasteiger partial charge in [0.2, 0.25) is 17.7 Å². The van der Waals surface area contributed by atoms with Crippen LogP contribution in [0.25, 0.3) is 0 Å². The predicted octanol–water partition coefficient (Wildman–Crippen LogP) is 1.16. The van der Waals surface area contributed by atoms with Gasteiger partial charge in [0, 0.05) is 16.8 Å². The number of nitrogens with zero attached hydrogens (tertiary/aromatic N) is 4. The van der Waals surface area contributed by atoms with Gasteiger partial charge in [0.15, 0.2) is 19.7 Å². The summed E-state index contributed by atoms with van der Waals surface area (Å²) in [6.45, 7) is 7.82. The third-order valence-corrected chi connectivity index (χ3v) is 23.2. The second-order valence-corrected chi connectivity index (χ2v) is 37.0. The molecular weight excluding hydrogens is 1950 g/mol. The number of aliphatic hydroxyl groups excluding tert-OH is 3. The number of nitrogens with two attached hydrogens (primary N) is 3. The summed E-state index contributed by atoms with van der Waals surface area (Å²) in [6, 6.07) is 26.6. The fourth-order valence-corrected chi connectivity index (χ4v) is 14.3. The number of aryl methyl sites for hydroxylation is 3. The maximum Gasteiger partial charge on any atom is 0.307 e. The molecule has 0 aromatic heterocycles. The standard InChI is InChI=1S/C24H36O11S.C21H33N3O11S.C16H29NO9.C13H20N4O3.C7H7ClO2S.C4H11NO3.C3H3N/c1-19-5-7-20(8-6-19)36(28,29)18-24(15-33-12-9-21(25)30-2,16-34-13-10-22(26)31-3)17-35-14-11-23(27)32-4;1-16-2-4-17(5-3-16)36(31,32)15-21(12-33-9-6-18(25)22-28,13-34-10-7-19(26)23-29)14-35-11-8-20(27)24-30;1-21-13(18)4-7-24-10-16(17,11-25-8-5-14(19)22-2)12-26-9-6-15(20)23-3;14-4-1-7-18-10-13(17,11-19-8-2-5-15)12-20-9-3-6-16;1-6-2-4-7(5-3-6)11(8,9)10;5-4(1-6,2-7)3-8;1-2-3-4/h5-8H,9-18H2,1-4H3;2-5,28-30H,6-15H2,1H3,(H,22,25)(H,23,26)(H,24,27);4-12,17H2,1-3H3;1-3,7-12,17H2;2-5H,1H3;6-8H,1-3,5H2;2H,1H2. The Morgan fingerprint density at radius 3 is 0.688 bits per heavy atom. The lowest BCUT2D eigenvalue weighted by Gasteiger charge is -2.33. The van der Waals surface area contributed by atoms with E-state index < -0.39 is 141 Å². The lowest BCUT2D eigenvalue weighted by atomic mass is 9.93. The molecule has 0 aliphatic rings. The number of methoxy groups -OCH3 is 6. The number of rotatable bonds is 67. The van der Waals surface area contributed by atoms with Crippen molar-refractivity contribution in [2.75, 3.05) is 233 Å². The molecule has 0 heterocycles. The number of aliphatic hydroxyl groups is 3. The van der Waals surface area contributed by atoms with Gasteiger partial charge >= 0.3 is 35.8 Å². The van der Waals surface area contributed by atoms with Gasteiger partial charge in [-0.15, -0.1) is 0 Å². The number of carbonyl (C=O) groups excluding carboxylic acids is 9. The van der Waals surface area contributed by atoms with Gasteiger partial charge in [-0.25, -0.2) is 41.7 Å². The van der Waals surface area contributed by atoms with Crippen LogP contribution in [0.3, 0.4) is 0 Å². The highest BCUT2D eigenvalue weighted by molar-refractivity contribution is 8.13. The molecule has 0 bridgehead atoms. The number of hydroxylamine groups is 3. The molecule has 3 aromatic carbocycles. The van der Waals surface area contributed by atoms with E-state index >= 15 is 0 Å². The Balaban J connectivity index is -0.000000835. The topological polar surface area (TPSA) is 753 Å². The highest BCUT2D eigenvalue weighted by atomic mass is 35.7. The summed E-state index contributed by atoms with van der Waals surface area (Å²) in [7, 11) is 1.44. The Bertz CT molecular complexity index is 4140. The summed E-state index contributed by atoms with van der Waals surface area (Å²) < 4.78 is 168. The second kappa shape index (κ2) is 82.3. The van der Waals surface area contributed by atoms with E-state index in [0.29, 0.717) is 39.1 Å². The number of ether oxygens (including phenoxy) is 18. The van der Waals surface area contributed by atoms with Crippen molar-refractivity contribution >= 4 is 92.9 Å². The molecule has 0 spiro atoms. The van der Waals surface area contributed by atoms with Crippen molar-refractivity contribution in [3.63, 3.8) is 0 Å². The van der Waals surface area contributed by atoms with Gasteiger partial charge < -0.3 is 118 Å². The Morgan fingerprint density at radius 2 is 0.525 bits per heavy atom. The highest BCUT2D eigenvalue weighted by Crippen LogP contribution is 2.30. The van der Waals surface area contributed by atoms with Crippen molar-refractivity contribution in [2.45, 2.75) is 129 Å². The van der Waals surface area contributed by atoms with Crippen LogP contribution in [0.2, 0.25) is 0 Å². The number of hydrogen-bond donors (Lipinski definition) is 12. The average molecular weight is 2090 g/mol. The number of hydrogen-bond acceptors (Lipinski definition) is 46. The first kappa shape index (κ1) is 137. The molecule has 0 aliphatic heterocycles. The number of nitrogens with one attached hydrogen (secondary N) is 3. The lowest BCUT2D eigenvalue weighted by Crippen LogP contribution is -2.53. The van der Waals surface area contributed by atoms with E-state index in [1.807, 2.05) is 39.0 Å². The zero-order valence-electron chi connectivity index (χ0n) is 81.0. The number of amides is 3. The van der Waals surface area contributed by atoms with Crippen LogP contribution in [0.15, 0.2) is 100 Å². The van der Waals surface area contributed by atoms with Gasteiger partial charge in [-0.05, 0) is 57.2 Å². The summed E-state index contributed by atoms with van der Waals surface area (Å²) in [4.78, 5) is 102. The van der Waals surface area contributed by atoms with Crippen LogP contribution in [0.1, 0.15) is 93.7 Å². The molecule has 0 atom stereocenters. The number of carbonyl (C=O) groups is 9.